The molecule has 2 aromatic rings. The molecule has 0 heterocycles. The van der Waals surface area contributed by atoms with Gasteiger partial charge in [-0.05, 0) is 62.6 Å². The molecule has 28 heavy (non-hydrogen) atoms. The molecule has 148 valence electrons. The fourth-order valence-corrected chi connectivity index (χ4v) is 2.68. The molecule has 0 spiro atoms. The van der Waals surface area contributed by atoms with Crippen LogP contribution >= 0.6 is 0 Å². The minimum atomic E-state index is -0.316. The highest BCUT2D eigenvalue weighted by Crippen LogP contribution is 2.24. The highest BCUT2D eigenvalue weighted by atomic mass is 16.5. The topological polar surface area (TPSA) is 84.5 Å². The van der Waals surface area contributed by atoms with Crippen LogP contribution in [0.15, 0.2) is 36.4 Å². The van der Waals surface area contributed by atoms with Gasteiger partial charge in [0, 0.05) is 17.8 Å². The van der Waals surface area contributed by atoms with Crippen molar-refractivity contribution in [1.29, 1.82) is 0 Å². The predicted octanol–water partition coefficient (Wildman–Crippen LogP) is 4.26. The summed E-state index contributed by atoms with van der Waals surface area (Å²) in [6.45, 7) is 7.01. The second kappa shape index (κ2) is 9.69. The molecule has 0 aliphatic heterocycles. The molecule has 0 aromatic heterocycles. The predicted molar refractivity (Wildman–Crippen MR) is 110 cm³/mol. The SMILES string of the molecule is CCCC(=O)Nc1ccc(OCC(=O)Nc2cccc(C)c2C)c(C(C)=O)c1. The van der Waals surface area contributed by atoms with Crippen LogP contribution in [0.3, 0.4) is 0 Å². The van der Waals surface area contributed by atoms with Gasteiger partial charge in [-0.25, -0.2) is 0 Å². The van der Waals surface area contributed by atoms with Crippen molar-refractivity contribution in [3.05, 3.63) is 53.1 Å². The van der Waals surface area contributed by atoms with Crippen LogP contribution in [0.25, 0.3) is 0 Å². The number of hydrogen-bond donors (Lipinski definition) is 2. The number of carbonyl (C=O) groups excluding carboxylic acids is 3. The molecule has 6 nitrogen and oxygen atoms in total. The highest BCUT2D eigenvalue weighted by molar-refractivity contribution is 5.99. The van der Waals surface area contributed by atoms with E-state index >= 15 is 0 Å². The Balaban J connectivity index is 2.06. The third-order valence-electron chi connectivity index (χ3n) is 4.36. The Morgan fingerprint density at radius 3 is 2.43 bits per heavy atom. The van der Waals surface area contributed by atoms with Crippen molar-refractivity contribution in [1.82, 2.24) is 0 Å². The van der Waals surface area contributed by atoms with Gasteiger partial charge in [0.05, 0.1) is 5.56 Å². The van der Waals surface area contributed by atoms with Gasteiger partial charge in [-0.1, -0.05) is 19.1 Å². The molecule has 0 bridgehead atoms. The van der Waals surface area contributed by atoms with E-state index in [1.165, 1.54) is 6.92 Å². The first-order valence-corrected chi connectivity index (χ1v) is 9.25. The minimum Gasteiger partial charge on any atom is -0.483 e. The molecule has 6 heteroatoms. The van der Waals surface area contributed by atoms with Crippen molar-refractivity contribution < 1.29 is 19.1 Å². The summed E-state index contributed by atoms with van der Waals surface area (Å²) in [4.78, 5) is 35.9. The maximum Gasteiger partial charge on any atom is 0.262 e. The molecule has 0 aliphatic carbocycles. The number of aryl methyl sites for hydroxylation is 1. The summed E-state index contributed by atoms with van der Waals surface area (Å²) in [5, 5.41) is 5.56. The number of carbonyl (C=O) groups is 3. The molecule has 0 saturated carbocycles. The first-order valence-electron chi connectivity index (χ1n) is 9.25. The highest BCUT2D eigenvalue weighted by Gasteiger charge is 2.13. The maximum atomic E-state index is 12.2. The Hall–Kier alpha value is -3.15. The number of rotatable bonds is 8. The molecule has 0 radical (unpaired) electrons. The smallest absolute Gasteiger partial charge is 0.262 e. The lowest BCUT2D eigenvalue weighted by molar-refractivity contribution is -0.118. The van der Waals surface area contributed by atoms with E-state index in [9.17, 15) is 14.4 Å². The summed E-state index contributed by atoms with van der Waals surface area (Å²) >= 11 is 0. The Morgan fingerprint density at radius 2 is 1.75 bits per heavy atom. The van der Waals surface area contributed by atoms with Crippen LogP contribution < -0.4 is 15.4 Å². The number of ether oxygens (including phenoxy) is 1. The lowest BCUT2D eigenvalue weighted by Gasteiger charge is -2.13. The summed E-state index contributed by atoms with van der Waals surface area (Å²) in [5.41, 5.74) is 3.64. The molecule has 0 atom stereocenters. The number of amides is 2. The normalized spacial score (nSPS) is 10.3. The summed E-state index contributed by atoms with van der Waals surface area (Å²) in [6.07, 6.45) is 1.15. The fraction of sp³-hybridized carbons (Fsp3) is 0.318. The van der Waals surface area contributed by atoms with Crippen LogP contribution in [0.5, 0.6) is 5.75 Å². The van der Waals surface area contributed by atoms with E-state index in [4.69, 9.17) is 4.74 Å². The first kappa shape index (κ1) is 21.2. The third-order valence-corrected chi connectivity index (χ3v) is 4.36. The van der Waals surface area contributed by atoms with E-state index in [1.807, 2.05) is 39.0 Å². The van der Waals surface area contributed by atoms with E-state index in [0.717, 1.165) is 23.2 Å². The van der Waals surface area contributed by atoms with Crippen LogP contribution in [-0.2, 0) is 9.59 Å². The average molecular weight is 382 g/mol. The second-order valence-corrected chi connectivity index (χ2v) is 6.65. The molecule has 2 rings (SSSR count). The summed E-state index contributed by atoms with van der Waals surface area (Å²) in [6, 6.07) is 10.5. The van der Waals surface area contributed by atoms with Crippen LogP contribution in [-0.4, -0.2) is 24.2 Å². The van der Waals surface area contributed by atoms with Crippen molar-refractivity contribution in [3.63, 3.8) is 0 Å². The molecule has 2 N–H and O–H groups in total. The van der Waals surface area contributed by atoms with Gasteiger partial charge in [0.15, 0.2) is 12.4 Å². The molecular formula is C22H26N2O4. The molecule has 0 saturated heterocycles. The van der Waals surface area contributed by atoms with Crippen LogP contribution in [0.1, 0.15) is 48.2 Å². The first-order chi connectivity index (χ1) is 13.3. The van der Waals surface area contributed by atoms with E-state index in [-0.39, 0.29) is 24.2 Å². The van der Waals surface area contributed by atoms with Crippen LogP contribution in [0.4, 0.5) is 11.4 Å². The maximum absolute atomic E-state index is 12.2. The lowest BCUT2D eigenvalue weighted by Crippen LogP contribution is -2.21. The molecule has 2 aromatic carbocycles. The number of ketones is 1. The van der Waals surface area contributed by atoms with Gasteiger partial charge < -0.3 is 15.4 Å². The van der Waals surface area contributed by atoms with E-state index in [2.05, 4.69) is 10.6 Å². The number of benzene rings is 2. The second-order valence-electron chi connectivity index (χ2n) is 6.65. The Bertz CT molecular complexity index is 890. The number of anilines is 2. The Kier molecular flexibility index (Phi) is 7.32. The quantitative estimate of drug-likeness (QED) is 0.668. The molecular weight excluding hydrogens is 356 g/mol. The zero-order valence-corrected chi connectivity index (χ0v) is 16.7. The molecule has 2 amide bonds. The van der Waals surface area contributed by atoms with Gasteiger partial charge in [0.1, 0.15) is 5.75 Å². The van der Waals surface area contributed by atoms with E-state index < -0.39 is 0 Å². The Labute approximate surface area is 165 Å². The number of nitrogens with one attached hydrogen (secondary N) is 2. The molecule has 0 unspecified atom stereocenters. The van der Waals surface area contributed by atoms with Gasteiger partial charge >= 0.3 is 0 Å². The fourth-order valence-electron chi connectivity index (χ4n) is 2.68. The van der Waals surface area contributed by atoms with Gasteiger partial charge in [0.2, 0.25) is 5.91 Å². The summed E-state index contributed by atoms with van der Waals surface area (Å²) < 4.78 is 5.56. The summed E-state index contributed by atoms with van der Waals surface area (Å²) in [7, 11) is 0. The minimum absolute atomic E-state index is 0.112. The third kappa shape index (κ3) is 5.67. The summed E-state index contributed by atoms with van der Waals surface area (Å²) in [5.74, 6) is -0.337. The molecule has 0 fully saturated rings. The number of hydrogen-bond acceptors (Lipinski definition) is 4. The van der Waals surface area contributed by atoms with E-state index in [0.29, 0.717) is 23.4 Å². The van der Waals surface area contributed by atoms with E-state index in [1.54, 1.807) is 18.2 Å². The van der Waals surface area contributed by atoms with Crippen LogP contribution in [0.2, 0.25) is 0 Å². The number of Topliss-reactive ketones (excluding diaryl/α,β-unsaturated/α-hetero) is 1. The largest absolute Gasteiger partial charge is 0.483 e. The zero-order valence-electron chi connectivity index (χ0n) is 16.7. The van der Waals surface area contributed by atoms with Crippen molar-refractivity contribution in [3.8, 4) is 5.75 Å². The van der Waals surface area contributed by atoms with Crippen molar-refractivity contribution >= 4 is 29.0 Å². The van der Waals surface area contributed by atoms with Gasteiger partial charge in [0.25, 0.3) is 5.91 Å². The zero-order chi connectivity index (χ0) is 20.7. The van der Waals surface area contributed by atoms with Gasteiger partial charge in [-0.2, -0.15) is 0 Å². The monoisotopic (exact) mass is 382 g/mol. The standard InChI is InChI=1S/C22H26N2O4/c1-5-7-21(26)23-17-10-11-20(18(12-17)16(4)25)28-13-22(27)24-19-9-6-8-14(2)15(19)3/h6,8-12H,5,7,13H2,1-4H3,(H,23,26)(H,24,27). The van der Waals surface area contributed by atoms with Crippen LogP contribution in [0, 0.1) is 13.8 Å². The lowest BCUT2D eigenvalue weighted by atomic mass is 10.1. The average Bonchev–Trinajstić information content (AvgIpc) is 2.64. The van der Waals surface area contributed by atoms with Crippen molar-refractivity contribution in [2.45, 2.75) is 40.5 Å². The van der Waals surface area contributed by atoms with Crippen molar-refractivity contribution in [2.75, 3.05) is 17.2 Å². The van der Waals surface area contributed by atoms with Gasteiger partial charge in [-0.3, -0.25) is 14.4 Å². The van der Waals surface area contributed by atoms with Gasteiger partial charge in [-0.15, -0.1) is 0 Å². The van der Waals surface area contributed by atoms with Crippen molar-refractivity contribution in [2.24, 2.45) is 0 Å². The molecule has 0 aliphatic rings. The Morgan fingerprint density at radius 1 is 1.00 bits per heavy atom.